The van der Waals surface area contributed by atoms with Crippen LogP contribution in [0.2, 0.25) is 0 Å². The lowest BCUT2D eigenvalue weighted by molar-refractivity contribution is -0.274. The minimum absolute atomic E-state index is 0.0227. The van der Waals surface area contributed by atoms with Crippen LogP contribution in [0.15, 0.2) is 57.7 Å². The van der Waals surface area contributed by atoms with Gasteiger partial charge in [-0.15, -0.1) is 24.9 Å². The zero-order valence-corrected chi connectivity index (χ0v) is 20.4. The van der Waals surface area contributed by atoms with Crippen LogP contribution in [-0.4, -0.2) is 34.6 Å². The van der Waals surface area contributed by atoms with Crippen molar-refractivity contribution in [1.82, 2.24) is 5.32 Å². The minimum atomic E-state index is -4.79. The van der Waals surface area contributed by atoms with E-state index in [-0.39, 0.29) is 29.1 Å². The van der Waals surface area contributed by atoms with E-state index in [0.29, 0.717) is 28.5 Å². The van der Waals surface area contributed by atoms with Gasteiger partial charge in [-0.05, 0) is 54.5 Å². The number of halogens is 4. The first-order valence-corrected chi connectivity index (χ1v) is 12.1. The maximum absolute atomic E-state index is 13.2. The maximum Gasteiger partial charge on any atom is 0.573 e. The molecule has 6 nitrogen and oxygen atoms in total. The summed E-state index contributed by atoms with van der Waals surface area (Å²) >= 11 is 7.79. The average molecular weight is 530 g/mol. The summed E-state index contributed by atoms with van der Waals surface area (Å²) in [6, 6.07) is 4.20. The maximum atomic E-state index is 13.2. The number of fused-ring (bicyclic) bond motifs is 1. The van der Waals surface area contributed by atoms with Gasteiger partial charge in [-0.3, -0.25) is 4.79 Å². The molecule has 0 bridgehead atoms. The molecule has 0 saturated heterocycles. The molecule has 1 fully saturated rings. The van der Waals surface area contributed by atoms with Crippen LogP contribution in [0.4, 0.5) is 13.2 Å². The van der Waals surface area contributed by atoms with Crippen LogP contribution in [0.25, 0.3) is 0 Å². The number of carboxylic acid groups (broad SMARTS) is 1. The lowest BCUT2D eigenvalue weighted by Crippen LogP contribution is -2.47. The number of carboxylic acids is 1. The van der Waals surface area contributed by atoms with Crippen LogP contribution in [0.5, 0.6) is 5.75 Å². The van der Waals surface area contributed by atoms with Gasteiger partial charge in [0.2, 0.25) is 0 Å². The van der Waals surface area contributed by atoms with E-state index >= 15 is 0 Å². The molecule has 1 heterocycles. The zero-order chi connectivity index (χ0) is 25.5. The normalized spacial score (nSPS) is 23.6. The first kappa shape index (κ1) is 25.5. The van der Waals surface area contributed by atoms with Gasteiger partial charge in [-0.25, -0.2) is 4.79 Å². The predicted molar refractivity (Wildman–Crippen MR) is 124 cm³/mol. The third kappa shape index (κ3) is 5.64. The summed E-state index contributed by atoms with van der Waals surface area (Å²) in [6.45, 7) is 3.63. The van der Waals surface area contributed by atoms with Gasteiger partial charge in [-0.2, -0.15) is 0 Å². The molecule has 2 N–H and O–H groups in total. The molecule has 1 aromatic rings. The van der Waals surface area contributed by atoms with Crippen molar-refractivity contribution >= 4 is 35.2 Å². The van der Waals surface area contributed by atoms with Gasteiger partial charge in [0.1, 0.15) is 24.2 Å². The molecule has 188 valence electrons. The molecule has 11 heteroatoms. The highest BCUT2D eigenvalue weighted by Crippen LogP contribution is 2.51. The standard InChI is InChI=1S/C24H23ClF3NO5S/c1-12-17-16(35-20(12)25)8-7-15(21(30)29-19(22(31)32)23(2)9-10-23)18(17)33-11-13-3-5-14(6-4-13)34-24(26,27)28/h3-8,16-17,19H,9-11H2,1-2H3,(H,29,30)(H,31,32). The minimum Gasteiger partial charge on any atom is -0.492 e. The number of rotatable bonds is 8. The Balaban J connectivity index is 1.58. The van der Waals surface area contributed by atoms with E-state index in [0.717, 1.165) is 5.57 Å². The fourth-order valence-electron chi connectivity index (χ4n) is 4.12. The van der Waals surface area contributed by atoms with Crippen LogP contribution < -0.4 is 10.1 Å². The fraction of sp³-hybridized carbons (Fsp3) is 0.417. The Hall–Kier alpha value is -2.59. The van der Waals surface area contributed by atoms with E-state index in [1.807, 2.05) is 19.9 Å². The van der Waals surface area contributed by atoms with Gasteiger partial charge in [0.25, 0.3) is 5.91 Å². The second-order valence-electron chi connectivity index (χ2n) is 9.03. The number of amides is 1. The predicted octanol–water partition coefficient (Wildman–Crippen LogP) is 5.50. The molecule has 35 heavy (non-hydrogen) atoms. The number of nitrogens with one attached hydrogen (secondary N) is 1. The van der Waals surface area contributed by atoms with Crippen LogP contribution in [0.1, 0.15) is 32.3 Å². The van der Waals surface area contributed by atoms with Crippen molar-refractivity contribution in [3.8, 4) is 5.75 Å². The molecule has 3 atom stereocenters. The Morgan fingerprint density at radius 2 is 1.94 bits per heavy atom. The highest BCUT2D eigenvalue weighted by molar-refractivity contribution is 8.05. The van der Waals surface area contributed by atoms with E-state index < -0.39 is 29.7 Å². The molecule has 1 amide bonds. The first-order chi connectivity index (χ1) is 16.4. The van der Waals surface area contributed by atoms with Crippen molar-refractivity contribution in [3.05, 3.63) is 63.3 Å². The Labute approximate surface area is 209 Å². The Morgan fingerprint density at radius 3 is 2.51 bits per heavy atom. The van der Waals surface area contributed by atoms with Crippen LogP contribution in [-0.2, 0) is 20.9 Å². The number of carbonyl (C=O) groups excluding carboxylic acids is 1. The molecule has 1 aliphatic heterocycles. The molecule has 4 rings (SSSR count). The Bertz CT molecular complexity index is 1120. The summed E-state index contributed by atoms with van der Waals surface area (Å²) in [5, 5.41) is 12.2. The second-order valence-corrected chi connectivity index (χ2v) is 10.8. The Kier molecular flexibility index (Phi) is 6.89. The van der Waals surface area contributed by atoms with Crippen LogP contribution in [0, 0.1) is 11.3 Å². The number of aliphatic carboxylic acids is 1. The van der Waals surface area contributed by atoms with Gasteiger partial charge in [-0.1, -0.05) is 36.7 Å². The Morgan fingerprint density at radius 1 is 1.29 bits per heavy atom. The highest BCUT2D eigenvalue weighted by Gasteiger charge is 2.50. The number of allylic oxidation sites excluding steroid dienone is 1. The number of carbonyl (C=O) groups is 2. The molecule has 1 saturated carbocycles. The number of hydrogen-bond acceptors (Lipinski definition) is 5. The molecule has 0 spiro atoms. The summed E-state index contributed by atoms with van der Waals surface area (Å²) in [5.74, 6) is -2.00. The fourth-order valence-corrected chi connectivity index (χ4v) is 5.72. The van der Waals surface area contributed by atoms with Crippen molar-refractivity contribution < 1.29 is 37.3 Å². The molecule has 2 aliphatic carbocycles. The smallest absolute Gasteiger partial charge is 0.492 e. The van der Waals surface area contributed by atoms with Gasteiger partial charge >= 0.3 is 12.3 Å². The van der Waals surface area contributed by atoms with Gasteiger partial charge in [0.15, 0.2) is 0 Å². The third-order valence-corrected chi connectivity index (χ3v) is 8.19. The summed E-state index contributed by atoms with van der Waals surface area (Å²) in [4.78, 5) is 25.0. The van der Waals surface area contributed by atoms with Crippen molar-refractivity contribution in [2.45, 2.75) is 51.0 Å². The number of hydrogen-bond donors (Lipinski definition) is 2. The van der Waals surface area contributed by atoms with Gasteiger partial charge in [0.05, 0.1) is 15.9 Å². The first-order valence-electron chi connectivity index (χ1n) is 10.8. The summed E-state index contributed by atoms with van der Waals surface area (Å²) in [7, 11) is 0. The molecule has 0 aromatic heterocycles. The number of alkyl halides is 3. The highest BCUT2D eigenvalue weighted by atomic mass is 35.5. The van der Waals surface area contributed by atoms with Crippen LogP contribution >= 0.6 is 23.4 Å². The molecule has 3 aliphatic rings. The number of thioether (sulfide) groups is 1. The molecule has 3 unspecified atom stereocenters. The van der Waals surface area contributed by atoms with E-state index in [9.17, 15) is 27.9 Å². The monoisotopic (exact) mass is 529 g/mol. The van der Waals surface area contributed by atoms with E-state index in [4.69, 9.17) is 16.3 Å². The molecular formula is C24H23ClF3NO5S. The molecular weight excluding hydrogens is 507 g/mol. The number of benzene rings is 1. The third-order valence-electron chi connectivity index (χ3n) is 6.40. The van der Waals surface area contributed by atoms with Gasteiger partial charge < -0.3 is 19.9 Å². The quantitative estimate of drug-likeness (QED) is 0.463. The zero-order valence-electron chi connectivity index (χ0n) is 18.8. The van der Waals surface area contributed by atoms with E-state index in [1.54, 1.807) is 6.08 Å². The van der Waals surface area contributed by atoms with Crippen LogP contribution in [0.3, 0.4) is 0 Å². The van der Waals surface area contributed by atoms with Crippen molar-refractivity contribution in [1.29, 1.82) is 0 Å². The largest absolute Gasteiger partial charge is 0.573 e. The lowest BCUT2D eigenvalue weighted by Gasteiger charge is -2.28. The van der Waals surface area contributed by atoms with E-state index in [2.05, 4.69) is 10.1 Å². The van der Waals surface area contributed by atoms with Crippen molar-refractivity contribution in [2.24, 2.45) is 11.3 Å². The molecule has 1 aromatic carbocycles. The summed E-state index contributed by atoms with van der Waals surface area (Å²) in [6.07, 6.45) is 0.0672. The topological polar surface area (TPSA) is 84.9 Å². The molecule has 0 radical (unpaired) electrons. The second kappa shape index (κ2) is 9.46. The van der Waals surface area contributed by atoms with Crippen molar-refractivity contribution in [3.63, 3.8) is 0 Å². The average Bonchev–Trinajstić information content (AvgIpc) is 3.45. The number of ether oxygens (including phenoxy) is 2. The summed E-state index contributed by atoms with van der Waals surface area (Å²) in [5.41, 5.74) is 1.09. The van der Waals surface area contributed by atoms with E-state index in [1.165, 1.54) is 36.0 Å². The summed E-state index contributed by atoms with van der Waals surface area (Å²) < 4.78 is 47.8. The lowest BCUT2D eigenvalue weighted by atomic mass is 9.87. The van der Waals surface area contributed by atoms with Crippen molar-refractivity contribution in [2.75, 3.05) is 0 Å². The van der Waals surface area contributed by atoms with Gasteiger partial charge in [0, 0.05) is 5.25 Å². The SMILES string of the molecule is CC1=C(Cl)SC2C=CC(C(=O)NC(C(=O)O)C3(C)CC3)=C(OCc3ccc(OC(F)(F)F)cc3)C12.